The Hall–Kier alpha value is -3.67. The Morgan fingerprint density at radius 1 is 0.771 bits per heavy atom. The normalized spacial score (nSPS) is 12.5. The first-order chi connectivity index (χ1) is 16.6. The number of hydrogen-bond acceptors (Lipinski definition) is 6. The predicted molar refractivity (Wildman–Crippen MR) is 136 cm³/mol. The third kappa shape index (κ3) is 10.0. The van der Waals surface area contributed by atoms with Crippen LogP contribution in [0.3, 0.4) is 0 Å². The number of rotatable bonds is 11. The van der Waals surface area contributed by atoms with Crippen LogP contribution in [0.5, 0.6) is 0 Å². The van der Waals surface area contributed by atoms with Gasteiger partial charge in [0.05, 0.1) is 5.41 Å². The molecule has 0 aliphatic heterocycles. The first-order valence-electron chi connectivity index (χ1n) is 11.6. The van der Waals surface area contributed by atoms with Crippen LogP contribution in [0.4, 0.5) is 0 Å². The van der Waals surface area contributed by atoms with Crippen LogP contribution in [-0.2, 0) is 28.6 Å². The molecule has 186 valence electrons. The van der Waals surface area contributed by atoms with E-state index in [0.717, 1.165) is 22.3 Å². The lowest BCUT2D eigenvalue weighted by Gasteiger charge is -2.23. The number of esters is 3. The van der Waals surface area contributed by atoms with Crippen LogP contribution in [0.25, 0.3) is 12.2 Å². The molecular formula is C29H34O6. The van der Waals surface area contributed by atoms with Crippen molar-refractivity contribution in [3.05, 3.63) is 82.9 Å². The van der Waals surface area contributed by atoms with Crippen molar-refractivity contribution in [3.8, 4) is 0 Å². The van der Waals surface area contributed by atoms with E-state index < -0.39 is 29.4 Å². The Morgan fingerprint density at radius 2 is 1.23 bits per heavy atom. The molecule has 0 spiro atoms. The number of hydrogen-bond donors (Lipinski definition) is 0. The van der Waals surface area contributed by atoms with Crippen molar-refractivity contribution < 1.29 is 28.6 Å². The third-order valence-corrected chi connectivity index (χ3v) is 5.51. The second kappa shape index (κ2) is 13.3. The monoisotopic (exact) mass is 478 g/mol. The highest BCUT2D eigenvalue weighted by atomic mass is 16.6. The van der Waals surface area contributed by atoms with E-state index in [1.54, 1.807) is 26.0 Å². The lowest BCUT2D eigenvalue weighted by atomic mass is 9.91. The molecule has 0 N–H and O–H groups in total. The topological polar surface area (TPSA) is 78.9 Å². The van der Waals surface area contributed by atoms with E-state index in [0.29, 0.717) is 6.42 Å². The van der Waals surface area contributed by atoms with Crippen LogP contribution < -0.4 is 0 Å². The maximum absolute atomic E-state index is 12.4. The second-order valence-corrected chi connectivity index (χ2v) is 9.01. The molecule has 0 radical (unpaired) electrons. The zero-order valence-electron chi connectivity index (χ0n) is 21.1. The molecule has 0 fully saturated rings. The van der Waals surface area contributed by atoms with E-state index in [2.05, 4.69) is 0 Å². The summed E-state index contributed by atoms with van der Waals surface area (Å²) in [7, 11) is 0. The van der Waals surface area contributed by atoms with Crippen LogP contribution in [-0.4, -0.2) is 37.2 Å². The van der Waals surface area contributed by atoms with Gasteiger partial charge in [-0.3, -0.25) is 4.79 Å². The van der Waals surface area contributed by atoms with Crippen LogP contribution in [0.1, 0.15) is 49.4 Å². The molecule has 0 aliphatic carbocycles. The van der Waals surface area contributed by atoms with E-state index in [1.807, 2.05) is 69.3 Å². The SMILES string of the molecule is CCC(C)(C)C(=O)OCC(COC(=O)/C=C/c1ccc(C)cc1)OC(=O)/C=C/c1ccc(C)cc1. The molecule has 1 unspecified atom stereocenters. The summed E-state index contributed by atoms with van der Waals surface area (Å²) in [5.41, 5.74) is 3.25. The van der Waals surface area contributed by atoms with Crippen molar-refractivity contribution in [2.24, 2.45) is 5.41 Å². The van der Waals surface area contributed by atoms with Gasteiger partial charge in [0.1, 0.15) is 13.2 Å². The molecule has 0 aromatic heterocycles. The average molecular weight is 479 g/mol. The first-order valence-corrected chi connectivity index (χ1v) is 11.6. The highest BCUT2D eigenvalue weighted by Gasteiger charge is 2.28. The van der Waals surface area contributed by atoms with Crippen molar-refractivity contribution in [3.63, 3.8) is 0 Å². The predicted octanol–water partition coefficient (Wildman–Crippen LogP) is 5.46. The fraction of sp³-hybridized carbons (Fsp3) is 0.345. The Kier molecular flexibility index (Phi) is 10.5. The molecule has 6 heteroatoms. The van der Waals surface area contributed by atoms with Gasteiger partial charge in [0.2, 0.25) is 0 Å². The summed E-state index contributed by atoms with van der Waals surface area (Å²) in [5, 5.41) is 0. The van der Waals surface area contributed by atoms with Crippen molar-refractivity contribution in [2.75, 3.05) is 13.2 Å². The number of aryl methyl sites for hydroxylation is 2. The molecule has 0 saturated carbocycles. The molecule has 0 heterocycles. The van der Waals surface area contributed by atoms with Gasteiger partial charge in [0.15, 0.2) is 6.10 Å². The molecule has 2 rings (SSSR count). The maximum Gasteiger partial charge on any atom is 0.331 e. The molecular weight excluding hydrogens is 444 g/mol. The van der Waals surface area contributed by atoms with E-state index in [4.69, 9.17) is 14.2 Å². The zero-order valence-corrected chi connectivity index (χ0v) is 21.1. The van der Waals surface area contributed by atoms with Gasteiger partial charge >= 0.3 is 17.9 Å². The van der Waals surface area contributed by atoms with Crippen LogP contribution in [0.2, 0.25) is 0 Å². The summed E-state index contributed by atoms with van der Waals surface area (Å²) in [4.78, 5) is 36.9. The molecule has 0 bridgehead atoms. The molecule has 6 nitrogen and oxygen atoms in total. The summed E-state index contributed by atoms with van der Waals surface area (Å²) < 4.78 is 16.0. The highest BCUT2D eigenvalue weighted by Crippen LogP contribution is 2.21. The van der Waals surface area contributed by atoms with Gasteiger partial charge in [-0.1, -0.05) is 66.6 Å². The zero-order chi connectivity index (χ0) is 25.8. The van der Waals surface area contributed by atoms with Crippen LogP contribution >= 0.6 is 0 Å². The standard InChI is InChI=1S/C29H34O6/c1-6-29(4,5)28(32)34-20-25(35-27(31)18-16-24-13-9-22(3)10-14-24)19-33-26(30)17-15-23-11-7-21(2)8-12-23/h7-18,25H,6,19-20H2,1-5H3/b17-15+,18-16+. The fourth-order valence-corrected chi connectivity index (χ4v) is 2.73. The fourth-order valence-electron chi connectivity index (χ4n) is 2.73. The van der Waals surface area contributed by atoms with Gasteiger partial charge in [-0.05, 0) is 57.4 Å². The van der Waals surface area contributed by atoms with Crippen molar-refractivity contribution in [2.45, 2.75) is 47.1 Å². The number of benzene rings is 2. The Bertz CT molecular complexity index is 1050. The lowest BCUT2D eigenvalue weighted by molar-refractivity contribution is -0.167. The summed E-state index contributed by atoms with van der Waals surface area (Å²) in [5.74, 6) is -1.64. The molecule has 1 atom stereocenters. The van der Waals surface area contributed by atoms with Crippen LogP contribution in [0.15, 0.2) is 60.7 Å². The minimum atomic E-state index is -0.946. The van der Waals surface area contributed by atoms with Crippen LogP contribution in [0, 0.1) is 19.3 Å². The van der Waals surface area contributed by atoms with Crippen molar-refractivity contribution in [1.82, 2.24) is 0 Å². The Balaban J connectivity index is 1.99. The third-order valence-electron chi connectivity index (χ3n) is 5.51. The van der Waals surface area contributed by atoms with E-state index in [-0.39, 0.29) is 13.2 Å². The first kappa shape index (κ1) is 27.6. The number of ether oxygens (including phenoxy) is 3. The summed E-state index contributed by atoms with van der Waals surface area (Å²) in [6, 6.07) is 15.3. The average Bonchev–Trinajstić information content (AvgIpc) is 2.84. The Labute approximate surface area is 207 Å². The maximum atomic E-state index is 12.4. The molecule has 0 aliphatic rings. The van der Waals surface area contributed by atoms with Gasteiger partial charge in [0, 0.05) is 12.2 Å². The molecule has 2 aromatic rings. The van der Waals surface area contributed by atoms with E-state index in [1.165, 1.54) is 12.2 Å². The number of carbonyl (C=O) groups excluding carboxylic acids is 3. The Morgan fingerprint density at radius 3 is 1.71 bits per heavy atom. The summed E-state index contributed by atoms with van der Waals surface area (Å²) in [6.07, 6.45) is 5.49. The summed E-state index contributed by atoms with van der Waals surface area (Å²) in [6.45, 7) is 8.92. The quantitative estimate of drug-likeness (QED) is 0.242. The van der Waals surface area contributed by atoms with Crippen molar-refractivity contribution in [1.29, 1.82) is 0 Å². The van der Waals surface area contributed by atoms with E-state index >= 15 is 0 Å². The number of carbonyl (C=O) groups is 3. The lowest BCUT2D eigenvalue weighted by Crippen LogP contribution is -2.33. The van der Waals surface area contributed by atoms with Gasteiger partial charge in [-0.25, -0.2) is 9.59 Å². The minimum absolute atomic E-state index is 0.221. The molecule has 2 aromatic carbocycles. The van der Waals surface area contributed by atoms with Gasteiger partial charge < -0.3 is 14.2 Å². The minimum Gasteiger partial charge on any atom is -0.461 e. The molecule has 35 heavy (non-hydrogen) atoms. The van der Waals surface area contributed by atoms with Gasteiger partial charge in [-0.2, -0.15) is 0 Å². The van der Waals surface area contributed by atoms with Crippen molar-refractivity contribution >= 4 is 30.1 Å². The molecule has 0 amide bonds. The smallest absolute Gasteiger partial charge is 0.331 e. The van der Waals surface area contributed by atoms with E-state index in [9.17, 15) is 14.4 Å². The summed E-state index contributed by atoms with van der Waals surface area (Å²) >= 11 is 0. The highest BCUT2D eigenvalue weighted by molar-refractivity contribution is 5.88. The molecule has 0 saturated heterocycles. The largest absolute Gasteiger partial charge is 0.461 e. The van der Waals surface area contributed by atoms with Gasteiger partial charge in [0.25, 0.3) is 0 Å². The second-order valence-electron chi connectivity index (χ2n) is 9.01. The van der Waals surface area contributed by atoms with Gasteiger partial charge in [-0.15, -0.1) is 0 Å².